The highest BCUT2D eigenvalue weighted by atomic mass is 32.1. The molecule has 1 aliphatic rings. The second kappa shape index (κ2) is 7.06. The molecule has 3 rings (SSSR count). The Labute approximate surface area is 138 Å². The highest BCUT2D eigenvalue weighted by Crippen LogP contribution is 2.23. The molecular weight excluding hydrogens is 315 g/mol. The van der Waals surface area contributed by atoms with Gasteiger partial charge < -0.3 is 10.6 Å². The largest absolute Gasteiger partial charge is 0.368 e. The van der Waals surface area contributed by atoms with E-state index < -0.39 is 11.7 Å². The molecule has 2 N–H and O–H groups in total. The van der Waals surface area contributed by atoms with Crippen molar-refractivity contribution >= 4 is 23.1 Å². The molecule has 1 saturated heterocycles. The summed E-state index contributed by atoms with van der Waals surface area (Å²) in [6.45, 7) is 4.42. The Hall–Kier alpha value is -1.99. The summed E-state index contributed by atoms with van der Waals surface area (Å²) in [6.07, 6.45) is 2.84. The van der Waals surface area contributed by atoms with Crippen LogP contribution in [0.15, 0.2) is 30.5 Å². The molecule has 1 aromatic heterocycles. The van der Waals surface area contributed by atoms with Crippen LogP contribution in [0.4, 0.5) is 10.1 Å². The van der Waals surface area contributed by atoms with Gasteiger partial charge in [-0.2, -0.15) is 0 Å². The number of halogens is 1. The minimum absolute atomic E-state index is 0.253. The molecule has 1 fully saturated rings. The first kappa shape index (κ1) is 15.9. The molecule has 0 radical (unpaired) electrons. The van der Waals surface area contributed by atoms with Crippen molar-refractivity contribution < 1.29 is 9.18 Å². The highest BCUT2D eigenvalue weighted by molar-refractivity contribution is 7.05. The van der Waals surface area contributed by atoms with Crippen molar-refractivity contribution in [2.24, 2.45) is 5.73 Å². The molecule has 1 aliphatic heterocycles. The number of nitrogens with two attached hydrogens (primary N) is 1. The number of piperazine rings is 1. The summed E-state index contributed by atoms with van der Waals surface area (Å²) in [5.41, 5.74) is 6.35. The van der Waals surface area contributed by atoms with E-state index in [2.05, 4.69) is 20.2 Å². The summed E-state index contributed by atoms with van der Waals surface area (Å²) in [4.78, 5) is 17.3. The molecule has 122 valence electrons. The van der Waals surface area contributed by atoms with E-state index in [4.69, 9.17) is 5.73 Å². The molecule has 1 aromatic carbocycles. The fraction of sp³-hybridized carbons (Fsp3) is 0.375. The number of aromatic nitrogens is 1. The van der Waals surface area contributed by atoms with Gasteiger partial charge in [0.1, 0.15) is 5.82 Å². The lowest BCUT2D eigenvalue weighted by Crippen LogP contribution is -2.47. The van der Waals surface area contributed by atoms with Crippen molar-refractivity contribution in [3.05, 3.63) is 46.7 Å². The van der Waals surface area contributed by atoms with E-state index in [-0.39, 0.29) is 5.56 Å². The van der Waals surface area contributed by atoms with Gasteiger partial charge in [0.25, 0.3) is 5.91 Å². The van der Waals surface area contributed by atoms with Gasteiger partial charge in [0.2, 0.25) is 0 Å². The molecule has 0 saturated carbocycles. The first-order valence-corrected chi connectivity index (χ1v) is 8.37. The average Bonchev–Trinajstić information content (AvgIpc) is 3.07. The predicted molar refractivity (Wildman–Crippen MR) is 89.4 cm³/mol. The van der Waals surface area contributed by atoms with E-state index in [0.717, 1.165) is 44.8 Å². The first-order chi connectivity index (χ1) is 11.1. The van der Waals surface area contributed by atoms with Gasteiger partial charge in [-0.3, -0.25) is 9.69 Å². The van der Waals surface area contributed by atoms with Crippen molar-refractivity contribution in [3.8, 4) is 0 Å². The minimum Gasteiger partial charge on any atom is -0.368 e. The lowest BCUT2D eigenvalue weighted by atomic mass is 10.1. The number of benzene rings is 1. The summed E-state index contributed by atoms with van der Waals surface area (Å²) in [5, 5.41) is 0. The van der Waals surface area contributed by atoms with Crippen molar-refractivity contribution in [3.63, 3.8) is 0 Å². The zero-order chi connectivity index (χ0) is 16.2. The number of nitrogens with zero attached hydrogens (tertiary/aromatic N) is 3. The van der Waals surface area contributed by atoms with Gasteiger partial charge in [-0.05, 0) is 42.2 Å². The fourth-order valence-corrected chi connectivity index (χ4v) is 3.39. The Morgan fingerprint density at radius 2 is 2.04 bits per heavy atom. The number of amides is 1. The number of rotatable bonds is 5. The third kappa shape index (κ3) is 3.86. The lowest BCUT2D eigenvalue weighted by molar-refractivity contribution is 0.1000. The van der Waals surface area contributed by atoms with Gasteiger partial charge in [0.05, 0.1) is 5.56 Å². The van der Waals surface area contributed by atoms with Crippen LogP contribution in [0.25, 0.3) is 0 Å². The maximum Gasteiger partial charge on any atom is 0.250 e. The summed E-state index contributed by atoms with van der Waals surface area (Å²) in [6, 6.07) is 6.28. The zero-order valence-electron chi connectivity index (χ0n) is 12.7. The smallest absolute Gasteiger partial charge is 0.250 e. The van der Waals surface area contributed by atoms with Crippen LogP contribution in [0, 0.1) is 5.82 Å². The normalized spacial score (nSPS) is 15.8. The molecule has 2 heterocycles. The number of primary amides is 1. The molecule has 23 heavy (non-hydrogen) atoms. The van der Waals surface area contributed by atoms with Crippen LogP contribution in [0.5, 0.6) is 0 Å². The molecule has 0 bridgehead atoms. The molecule has 5 nitrogen and oxygen atoms in total. The Kier molecular flexibility index (Phi) is 4.88. The molecule has 0 atom stereocenters. The van der Waals surface area contributed by atoms with Gasteiger partial charge >= 0.3 is 0 Å². The van der Waals surface area contributed by atoms with E-state index in [1.165, 1.54) is 17.0 Å². The third-order valence-electron chi connectivity index (χ3n) is 4.10. The van der Waals surface area contributed by atoms with Crippen LogP contribution in [0.3, 0.4) is 0 Å². The van der Waals surface area contributed by atoms with Gasteiger partial charge in [-0.15, -0.1) is 0 Å². The topological polar surface area (TPSA) is 62.5 Å². The summed E-state index contributed by atoms with van der Waals surface area (Å²) >= 11 is 1.54. The molecule has 0 unspecified atom stereocenters. The summed E-state index contributed by atoms with van der Waals surface area (Å²) in [5.74, 6) is -1.03. The molecular formula is C16H19FN4OS. The van der Waals surface area contributed by atoms with Crippen molar-refractivity contribution in [2.75, 3.05) is 37.6 Å². The number of carbonyl (C=O) groups is 1. The van der Waals surface area contributed by atoms with Crippen LogP contribution < -0.4 is 10.6 Å². The standard InChI is InChI=1S/C16H19FN4OS/c17-12-1-2-15(14(11-12)16(18)22)21-9-7-20(8-10-21)6-4-13-3-5-19-23-13/h1-3,5,11H,4,6-10H2,(H2,18,22). The van der Waals surface area contributed by atoms with Crippen molar-refractivity contribution in [1.29, 1.82) is 0 Å². The zero-order valence-corrected chi connectivity index (χ0v) is 13.6. The number of anilines is 1. The van der Waals surface area contributed by atoms with Crippen LogP contribution >= 0.6 is 11.5 Å². The Balaban J connectivity index is 1.59. The third-order valence-corrected chi connectivity index (χ3v) is 4.90. The fourth-order valence-electron chi connectivity index (χ4n) is 2.83. The van der Waals surface area contributed by atoms with Crippen LogP contribution in [-0.2, 0) is 6.42 Å². The molecule has 0 aliphatic carbocycles. The van der Waals surface area contributed by atoms with Crippen LogP contribution in [0.1, 0.15) is 15.2 Å². The molecule has 7 heteroatoms. The van der Waals surface area contributed by atoms with Crippen molar-refractivity contribution in [2.45, 2.75) is 6.42 Å². The van der Waals surface area contributed by atoms with Crippen molar-refractivity contribution in [1.82, 2.24) is 9.27 Å². The second-order valence-corrected chi connectivity index (χ2v) is 6.50. The lowest BCUT2D eigenvalue weighted by Gasteiger charge is -2.36. The summed E-state index contributed by atoms with van der Waals surface area (Å²) < 4.78 is 17.4. The highest BCUT2D eigenvalue weighted by Gasteiger charge is 2.21. The van der Waals surface area contributed by atoms with Gasteiger partial charge in [0, 0.05) is 49.5 Å². The van der Waals surface area contributed by atoms with Crippen LogP contribution in [-0.4, -0.2) is 47.9 Å². The Morgan fingerprint density at radius 3 is 2.70 bits per heavy atom. The number of hydrogen-bond acceptors (Lipinski definition) is 5. The SMILES string of the molecule is NC(=O)c1cc(F)ccc1N1CCN(CCc2ccns2)CC1. The monoisotopic (exact) mass is 334 g/mol. The Bertz CT molecular complexity index is 669. The predicted octanol–water partition coefficient (Wildman–Crippen LogP) is 1.75. The maximum absolute atomic E-state index is 13.3. The quantitative estimate of drug-likeness (QED) is 0.905. The minimum atomic E-state index is -0.591. The van der Waals surface area contributed by atoms with Gasteiger partial charge in [0.15, 0.2) is 0 Å². The van der Waals surface area contributed by atoms with Gasteiger partial charge in [-0.25, -0.2) is 8.76 Å². The average molecular weight is 334 g/mol. The molecule has 1 amide bonds. The Morgan fingerprint density at radius 1 is 1.26 bits per heavy atom. The first-order valence-electron chi connectivity index (χ1n) is 7.60. The van der Waals surface area contributed by atoms with E-state index in [0.29, 0.717) is 0 Å². The molecule has 2 aromatic rings. The van der Waals surface area contributed by atoms with E-state index in [1.807, 2.05) is 6.20 Å². The molecule has 0 spiro atoms. The number of carbonyl (C=O) groups excluding carboxylic acids is 1. The van der Waals surface area contributed by atoms with Crippen LogP contribution in [0.2, 0.25) is 0 Å². The number of hydrogen-bond donors (Lipinski definition) is 1. The van der Waals surface area contributed by atoms with Gasteiger partial charge in [-0.1, -0.05) is 0 Å². The van der Waals surface area contributed by atoms with E-state index in [9.17, 15) is 9.18 Å². The summed E-state index contributed by atoms with van der Waals surface area (Å²) in [7, 11) is 0. The van der Waals surface area contributed by atoms with E-state index >= 15 is 0 Å². The maximum atomic E-state index is 13.3. The van der Waals surface area contributed by atoms with E-state index in [1.54, 1.807) is 17.6 Å². The second-order valence-electron chi connectivity index (χ2n) is 5.58.